The monoisotopic (exact) mass is 251 g/mol. The molecule has 0 amide bonds. The van der Waals surface area contributed by atoms with E-state index < -0.39 is 5.82 Å². The summed E-state index contributed by atoms with van der Waals surface area (Å²) in [5.41, 5.74) is 5.74. The van der Waals surface area contributed by atoms with Crippen LogP contribution in [0.3, 0.4) is 0 Å². The molecule has 0 saturated carbocycles. The van der Waals surface area contributed by atoms with Gasteiger partial charge in [0.05, 0.1) is 6.04 Å². The second-order valence-electron chi connectivity index (χ2n) is 3.78. The fraction of sp³-hybridized carbons (Fsp3) is 0.333. The van der Waals surface area contributed by atoms with Crippen LogP contribution >= 0.6 is 0 Å². The average molecular weight is 251 g/mol. The first kappa shape index (κ1) is 12.5. The summed E-state index contributed by atoms with van der Waals surface area (Å²) in [5.74, 6) is 0.442. The SMILES string of the molecule is CC[C@H](N)c1nc(COc2ccccc2F)no1. The number of ether oxygens (including phenoxy) is 1. The standard InChI is InChI=1S/C12H14FN3O2/c1-2-9(14)12-15-11(16-18-12)7-17-10-6-4-3-5-8(10)13/h3-6,9H,2,7,14H2,1H3/t9-/m0/s1. The summed E-state index contributed by atoms with van der Waals surface area (Å²) in [6.07, 6.45) is 0.704. The molecule has 2 N–H and O–H groups in total. The first-order valence-electron chi connectivity index (χ1n) is 5.66. The maximum atomic E-state index is 13.3. The van der Waals surface area contributed by atoms with Gasteiger partial charge in [0.25, 0.3) is 0 Å². The molecular formula is C12H14FN3O2. The number of nitrogens with two attached hydrogens (primary N) is 1. The molecule has 0 spiro atoms. The molecule has 0 aliphatic heterocycles. The van der Waals surface area contributed by atoms with Crippen molar-refractivity contribution in [3.63, 3.8) is 0 Å². The summed E-state index contributed by atoms with van der Waals surface area (Å²) in [7, 11) is 0. The lowest BCUT2D eigenvalue weighted by atomic mass is 10.2. The highest BCUT2D eigenvalue weighted by Gasteiger charge is 2.13. The molecule has 2 aromatic rings. The fourth-order valence-electron chi connectivity index (χ4n) is 1.36. The molecule has 0 aliphatic rings. The zero-order valence-corrected chi connectivity index (χ0v) is 9.97. The van der Waals surface area contributed by atoms with Crippen LogP contribution < -0.4 is 10.5 Å². The van der Waals surface area contributed by atoms with Gasteiger partial charge < -0.3 is 15.0 Å². The van der Waals surface area contributed by atoms with Gasteiger partial charge in [0, 0.05) is 0 Å². The second-order valence-corrected chi connectivity index (χ2v) is 3.78. The molecule has 1 heterocycles. The lowest BCUT2D eigenvalue weighted by Gasteiger charge is -2.03. The number of halogens is 1. The summed E-state index contributed by atoms with van der Waals surface area (Å²) >= 11 is 0. The maximum absolute atomic E-state index is 13.3. The fourth-order valence-corrected chi connectivity index (χ4v) is 1.36. The summed E-state index contributed by atoms with van der Waals surface area (Å²) < 4.78 is 23.5. The Balaban J connectivity index is 1.98. The van der Waals surface area contributed by atoms with Crippen molar-refractivity contribution in [1.29, 1.82) is 0 Å². The first-order valence-corrected chi connectivity index (χ1v) is 5.66. The minimum absolute atomic E-state index is 0.0425. The molecule has 1 aromatic heterocycles. The smallest absolute Gasteiger partial charge is 0.243 e. The lowest BCUT2D eigenvalue weighted by Crippen LogP contribution is -2.09. The van der Waals surface area contributed by atoms with Crippen molar-refractivity contribution >= 4 is 0 Å². The molecule has 6 heteroatoms. The number of aromatic nitrogens is 2. The highest BCUT2D eigenvalue weighted by molar-refractivity contribution is 5.23. The van der Waals surface area contributed by atoms with E-state index in [0.717, 1.165) is 0 Å². The Morgan fingerprint density at radius 3 is 2.94 bits per heavy atom. The zero-order chi connectivity index (χ0) is 13.0. The van der Waals surface area contributed by atoms with Crippen LogP contribution in [0.5, 0.6) is 5.75 Å². The van der Waals surface area contributed by atoms with E-state index in [-0.39, 0.29) is 18.4 Å². The van der Waals surface area contributed by atoms with Crippen molar-refractivity contribution in [1.82, 2.24) is 10.1 Å². The van der Waals surface area contributed by atoms with E-state index in [1.165, 1.54) is 12.1 Å². The third-order valence-corrected chi connectivity index (χ3v) is 2.43. The van der Waals surface area contributed by atoms with Gasteiger partial charge in [-0.25, -0.2) is 4.39 Å². The van der Waals surface area contributed by atoms with E-state index in [1.54, 1.807) is 12.1 Å². The number of rotatable bonds is 5. The van der Waals surface area contributed by atoms with Gasteiger partial charge in [-0.2, -0.15) is 4.98 Å². The van der Waals surface area contributed by atoms with Gasteiger partial charge >= 0.3 is 0 Å². The van der Waals surface area contributed by atoms with Crippen LogP contribution in [0.4, 0.5) is 4.39 Å². The van der Waals surface area contributed by atoms with Crippen molar-refractivity contribution in [2.24, 2.45) is 5.73 Å². The minimum atomic E-state index is -0.425. The third kappa shape index (κ3) is 2.84. The molecule has 2 rings (SSSR count). The van der Waals surface area contributed by atoms with Gasteiger partial charge in [-0.1, -0.05) is 24.2 Å². The molecule has 0 bridgehead atoms. The topological polar surface area (TPSA) is 74.2 Å². The Hall–Kier alpha value is -1.95. The highest BCUT2D eigenvalue weighted by Crippen LogP contribution is 2.17. The van der Waals surface area contributed by atoms with Crippen LogP contribution in [0.1, 0.15) is 31.1 Å². The summed E-state index contributed by atoms with van der Waals surface area (Å²) in [6.45, 7) is 1.96. The van der Waals surface area contributed by atoms with Gasteiger partial charge in [0.15, 0.2) is 18.2 Å². The quantitative estimate of drug-likeness (QED) is 0.881. The number of benzene rings is 1. The number of hydrogen-bond acceptors (Lipinski definition) is 5. The first-order chi connectivity index (χ1) is 8.70. The number of para-hydroxylation sites is 1. The predicted octanol–water partition coefficient (Wildman–Crippen LogP) is 2.20. The van der Waals surface area contributed by atoms with E-state index in [9.17, 15) is 4.39 Å². The van der Waals surface area contributed by atoms with E-state index in [0.29, 0.717) is 18.1 Å². The van der Waals surface area contributed by atoms with Crippen LogP contribution in [0.15, 0.2) is 28.8 Å². The summed E-state index contributed by atoms with van der Waals surface area (Å²) in [6, 6.07) is 5.86. The van der Waals surface area contributed by atoms with Crippen molar-refractivity contribution < 1.29 is 13.7 Å². The highest BCUT2D eigenvalue weighted by atomic mass is 19.1. The average Bonchev–Trinajstić information content (AvgIpc) is 2.86. The van der Waals surface area contributed by atoms with E-state index in [4.69, 9.17) is 15.0 Å². The molecular weight excluding hydrogens is 237 g/mol. The maximum Gasteiger partial charge on any atom is 0.243 e. The van der Waals surface area contributed by atoms with Crippen molar-refractivity contribution in [3.05, 3.63) is 41.8 Å². The van der Waals surface area contributed by atoms with Gasteiger partial charge in [0.2, 0.25) is 11.7 Å². The molecule has 1 atom stereocenters. The second kappa shape index (κ2) is 5.59. The normalized spacial score (nSPS) is 12.4. The number of hydrogen-bond donors (Lipinski definition) is 1. The Morgan fingerprint density at radius 2 is 2.22 bits per heavy atom. The van der Waals surface area contributed by atoms with Crippen LogP contribution in [-0.4, -0.2) is 10.1 Å². The Labute approximate surface area is 104 Å². The Kier molecular flexibility index (Phi) is 3.88. The molecule has 0 aliphatic carbocycles. The van der Waals surface area contributed by atoms with Crippen molar-refractivity contribution in [3.8, 4) is 5.75 Å². The van der Waals surface area contributed by atoms with Crippen molar-refractivity contribution in [2.45, 2.75) is 26.0 Å². The molecule has 5 nitrogen and oxygen atoms in total. The largest absolute Gasteiger partial charge is 0.482 e. The molecule has 0 fully saturated rings. The van der Waals surface area contributed by atoms with Crippen molar-refractivity contribution in [2.75, 3.05) is 0 Å². The minimum Gasteiger partial charge on any atom is -0.482 e. The van der Waals surface area contributed by atoms with Crippen LogP contribution in [-0.2, 0) is 6.61 Å². The lowest BCUT2D eigenvalue weighted by molar-refractivity contribution is 0.271. The molecule has 96 valence electrons. The summed E-state index contributed by atoms with van der Waals surface area (Å²) in [5, 5.41) is 3.72. The number of nitrogens with zero attached hydrogens (tertiary/aromatic N) is 2. The third-order valence-electron chi connectivity index (χ3n) is 2.43. The van der Waals surface area contributed by atoms with E-state index in [1.807, 2.05) is 6.92 Å². The summed E-state index contributed by atoms with van der Waals surface area (Å²) in [4.78, 5) is 4.08. The van der Waals surface area contributed by atoms with Crippen LogP contribution in [0.25, 0.3) is 0 Å². The van der Waals surface area contributed by atoms with Gasteiger partial charge in [-0.3, -0.25) is 0 Å². The van der Waals surface area contributed by atoms with Crippen LogP contribution in [0, 0.1) is 5.82 Å². The zero-order valence-electron chi connectivity index (χ0n) is 9.97. The van der Waals surface area contributed by atoms with Crippen LogP contribution in [0.2, 0.25) is 0 Å². The Morgan fingerprint density at radius 1 is 1.44 bits per heavy atom. The van der Waals surface area contributed by atoms with Gasteiger partial charge in [-0.15, -0.1) is 0 Å². The van der Waals surface area contributed by atoms with E-state index >= 15 is 0 Å². The van der Waals surface area contributed by atoms with Gasteiger partial charge in [0.1, 0.15) is 0 Å². The molecule has 0 unspecified atom stereocenters. The molecule has 0 saturated heterocycles. The Bertz CT molecular complexity index is 516. The van der Waals surface area contributed by atoms with E-state index in [2.05, 4.69) is 10.1 Å². The predicted molar refractivity (Wildman–Crippen MR) is 62.2 cm³/mol. The molecule has 0 radical (unpaired) electrons. The molecule has 18 heavy (non-hydrogen) atoms. The van der Waals surface area contributed by atoms with Gasteiger partial charge in [-0.05, 0) is 18.6 Å². The molecule has 1 aromatic carbocycles.